The number of hydrazine groups is 1. The van der Waals surface area contributed by atoms with Crippen molar-refractivity contribution in [3.8, 4) is 11.3 Å². The van der Waals surface area contributed by atoms with Crippen molar-refractivity contribution < 1.29 is 19.8 Å². The number of amides is 2. The number of piperidine rings is 1. The lowest BCUT2D eigenvalue weighted by Gasteiger charge is -2.38. The van der Waals surface area contributed by atoms with Crippen LogP contribution in [-0.4, -0.2) is 71.7 Å². The molecule has 2 aromatic heterocycles. The fourth-order valence-electron chi connectivity index (χ4n) is 6.25. The molecule has 6 rings (SSSR count). The maximum Gasteiger partial charge on any atom is 0.423 e. The number of nitrogens with one attached hydrogen (secondary N) is 1. The molecule has 1 atom stereocenters. The summed E-state index contributed by atoms with van der Waals surface area (Å²) in [4.78, 5) is 44.0. The van der Waals surface area contributed by atoms with Crippen molar-refractivity contribution in [3.05, 3.63) is 76.3 Å². The number of benzene rings is 2. The minimum absolute atomic E-state index is 0.0639. The molecule has 0 radical (unpaired) electrons. The van der Waals surface area contributed by atoms with E-state index in [0.717, 1.165) is 22.4 Å². The summed E-state index contributed by atoms with van der Waals surface area (Å²) < 4.78 is 3.04. The van der Waals surface area contributed by atoms with Crippen LogP contribution in [0.4, 0.5) is 10.5 Å². The van der Waals surface area contributed by atoms with E-state index in [1.54, 1.807) is 21.6 Å². The van der Waals surface area contributed by atoms with Gasteiger partial charge in [0.2, 0.25) is 5.91 Å². The number of rotatable bonds is 7. The molecule has 43 heavy (non-hydrogen) atoms. The highest BCUT2D eigenvalue weighted by atomic mass is 16.4. The first kappa shape index (κ1) is 28.4. The number of anilines is 1. The number of fused-ring (bicyclic) bond motifs is 2. The van der Waals surface area contributed by atoms with E-state index in [0.29, 0.717) is 56.5 Å². The number of aliphatic hydroxyl groups is 1. The fourth-order valence-corrected chi connectivity index (χ4v) is 6.25. The van der Waals surface area contributed by atoms with Crippen LogP contribution >= 0.6 is 0 Å². The molecular weight excluding hydrogens is 550 g/mol. The second kappa shape index (κ2) is 11.2. The summed E-state index contributed by atoms with van der Waals surface area (Å²) in [5, 5.41) is 26.6. The first-order valence-corrected chi connectivity index (χ1v) is 14.5. The molecule has 0 saturated carbocycles. The molecule has 1 fully saturated rings. The van der Waals surface area contributed by atoms with E-state index in [-0.39, 0.29) is 29.4 Å². The summed E-state index contributed by atoms with van der Waals surface area (Å²) in [7, 11) is 1.76. The van der Waals surface area contributed by atoms with Crippen molar-refractivity contribution in [1.29, 1.82) is 0 Å². The van der Waals surface area contributed by atoms with Crippen LogP contribution in [0.25, 0.3) is 22.3 Å². The van der Waals surface area contributed by atoms with Gasteiger partial charge in [-0.1, -0.05) is 43.3 Å². The maximum atomic E-state index is 13.5. The second-order valence-electron chi connectivity index (χ2n) is 11.6. The summed E-state index contributed by atoms with van der Waals surface area (Å²) in [5.74, 6) is 0.173. The normalized spacial score (nSPS) is 16.7. The number of aromatic nitrogens is 4. The Morgan fingerprint density at radius 1 is 1.07 bits per heavy atom. The Kier molecular flexibility index (Phi) is 7.38. The van der Waals surface area contributed by atoms with Gasteiger partial charge in [0, 0.05) is 38.7 Å². The van der Waals surface area contributed by atoms with Crippen LogP contribution in [0.5, 0.6) is 0 Å². The second-order valence-corrected chi connectivity index (χ2v) is 11.6. The highest BCUT2D eigenvalue weighted by molar-refractivity contribution is 5.90. The van der Waals surface area contributed by atoms with Crippen LogP contribution in [0.3, 0.4) is 0 Å². The lowest BCUT2D eigenvalue weighted by Crippen LogP contribution is -2.49. The Hall–Kier alpha value is -4.71. The van der Waals surface area contributed by atoms with E-state index in [1.807, 2.05) is 55.5 Å². The van der Waals surface area contributed by atoms with Crippen LogP contribution in [0.1, 0.15) is 43.2 Å². The Labute approximate surface area is 248 Å². The van der Waals surface area contributed by atoms with Gasteiger partial charge < -0.3 is 15.1 Å². The standard InChI is InChI=1S/C31H35N7O5/c1-20(21-6-4-3-5-7-21)16-25(39)36-14-11-31(43,12-15-36)18-37-19-32-26-27(29(37)40)33-35(2)28(26)23-8-9-24-22(17-23)10-13-38(24)34-30(41)42/h3-9,17,19-20,34,43H,10-16,18H2,1-2H3,(H,41,42). The van der Waals surface area contributed by atoms with E-state index < -0.39 is 11.7 Å². The third-order valence-corrected chi connectivity index (χ3v) is 8.65. The number of hydrogen-bond donors (Lipinski definition) is 3. The Morgan fingerprint density at radius 2 is 1.81 bits per heavy atom. The van der Waals surface area contributed by atoms with Gasteiger partial charge in [-0.15, -0.1) is 0 Å². The first-order valence-electron chi connectivity index (χ1n) is 14.5. The molecule has 224 valence electrons. The number of carbonyl (C=O) groups is 2. The minimum Gasteiger partial charge on any atom is -0.464 e. The molecule has 4 aromatic rings. The third-order valence-electron chi connectivity index (χ3n) is 8.65. The van der Waals surface area contributed by atoms with Crippen LogP contribution in [0, 0.1) is 0 Å². The lowest BCUT2D eigenvalue weighted by atomic mass is 9.90. The zero-order chi connectivity index (χ0) is 30.3. The Bertz CT molecular complexity index is 1740. The van der Waals surface area contributed by atoms with Gasteiger partial charge in [-0.2, -0.15) is 5.10 Å². The van der Waals surface area contributed by atoms with Crippen LogP contribution < -0.4 is 16.0 Å². The van der Waals surface area contributed by atoms with Gasteiger partial charge in [-0.3, -0.25) is 23.8 Å². The molecule has 12 heteroatoms. The van der Waals surface area contributed by atoms with Gasteiger partial charge in [0.15, 0.2) is 5.52 Å². The molecule has 2 amide bonds. The van der Waals surface area contributed by atoms with Gasteiger partial charge in [-0.05, 0) is 48.4 Å². The molecule has 2 aromatic carbocycles. The molecular formula is C31H35N7O5. The average Bonchev–Trinajstić information content (AvgIpc) is 3.54. The quantitative estimate of drug-likeness (QED) is 0.300. The third kappa shape index (κ3) is 5.57. The van der Waals surface area contributed by atoms with Gasteiger partial charge >= 0.3 is 6.09 Å². The minimum atomic E-state index is -1.14. The van der Waals surface area contributed by atoms with E-state index in [2.05, 4.69) is 15.5 Å². The molecule has 0 spiro atoms. The molecule has 0 aliphatic carbocycles. The van der Waals surface area contributed by atoms with E-state index in [1.165, 1.54) is 10.9 Å². The molecule has 1 unspecified atom stereocenters. The summed E-state index contributed by atoms with van der Waals surface area (Å²) in [5.41, 5.74) is 5.99. The topological polar surface area (TPSA) is 146 Å². The van der Waals surface area contributed by atoms with Crippen molar-refractivity contribution in [3.63, 3.8) is 0 Å². The zero-order valence-corrected chi connectivity index (χ0v) is 24.2. The Morgan fingerprint density at radius 3 is 2.53 bits per heavy atom. The number of carboxylic acid groups (broad SMARTS) is 1. The molecule has 2 aliphatic heterocycles. The first-order chi connectivity index (χ1) is 20.6. The maximum absolute atomic E-state index is 13.5. The summed E-state index contributed by atoms with van der Waals surface area (Å²) in [6.07, 6.45) is 2.14. The van der Waals surface area contributed by atoms with E-state index >= 15 is 0 Å². The monoisotopic (exact) mass is 585 g/mol. The van der Waals surface area contributed by atoms with Crippen molar-refractivity contribution in [2.75, 3.05) is 24.6 Å². The zero-order valence-electron chi connectivity index (χ0n) is 24.2. The van der Waals surface area contributed by atoms with Crippen molar-refractivity contribution in [1.82, 2.24) is 29.7 Å². The molecule has 4 heterocycles. The van der Waals surface area contributed by atoms with Crippen LogP contribution in [0.2, 0.25) is 0 Å². The van der Waals surface area contributed by atoms with Gasteiger partial charge in [0.05, 0.1) is 29.9 Å². The van der Waals surface area contributed by atoms with Gasteiger partial charge in [0.1, 0.15) is 5.52 Å². The predicted molar refractivity (Wildman–Crippen MR) is 161 cm³/mol. The van der Waals surface area contributed by atoms with E-state index in [9.17, 15) is 19.5 Å². The summed E-state index contributed by atoms with van der Waals surface area (Å²) in [6, 6.07) is 15.6. The predicted octanol–water partition coefficient (Wildman–Crippen LogP) is 2.89. The molecule has 0 bridgehead atoms. The molecule has 3 N–H and O–H groups in total. The highest BCUT2D eigenvalue weighted by Crippen LogP contribution is 2.33. The van der Waals surface area contributed by atoms with Crippen molar-refractivity contribution in [2.24, 2.45) is 7.05 Å². The van der Waals surface area contributed by atoms with Crippen LogP contribution in [0.15, 0.2) is 59.7 Å². The molecule has 12 nitrogen and oxygen atoms in total. The smallest absolute Gasteiger partial charge is 0.423 e. The van der Waals surface area contributed by atoms with E-state index in [4.69, 9.17) is 5.11 Å². The number of aryl methyl sites for hydroxylation is 1. The van der Waals surface area contributed by atoms with Crippen molar-refractivity contribution in [2.45, 2.75) is 50.7 Å². The highest BCUT2D eigenvalue weighted by Gasteiger charge is 2.35. The summed E-state index contributed by atoms with van der Waals surface area (Å²) in [6.45, 7) is 3.49. The van der Waals surface area contributed by atoms with Gasteiger partial charge in [0.25, 0.3) is 5.56 Å². The molecule has 1 saturated heterocycles. The number of hydrogen-bond acceptors (Lipinski definition) is 7. The fraction of sp³-hybridized carbons (Fsp3) is 0.387. The van der Waals surface area contributed by atoms with Gasteiger partial charge in [-0.25, -0.2) is 15.2 Å². The van der Waals surface area contributed by atoms with Crippen LogP contribution in [-0.2, 0) is 24.8 Å². The number of carbonyl (C=O) groups excluding carboxylic acids is 1. The number of likely N-dealkylation sites (tertiary alicyclic amines) is 1. The van der Waals surface area contributed by atoms with Crippen molar-refractivity contribution >= 4 is 28.7 Å². The average molecular weight is 586 g/mol. The summed E-state index contributed by atoms with van der Waals surface area (Å²) >= 11 is 0. The number of nitrogens with zero attached hydrogens (tertiary/aromatic N) is 6. The Balaban J connectivity index is 1.16. The lowest BCUT2D eigenvalue weighted by molar-refractivity contribution is -0.136. The SMILES string of the molecule is CC(CC(=O)N1CCC(O)(Cn2cnc3c(-c4ccc5c(c4)CCN5NC(=O)O)n(C)nc3c2=O)CC1)c1ccccc1. The largest absolute Gasteiger partial charge is 0.464 e. The molecule has 2 aliphatic rings.